The summed E-state index contributed by atoms with van der Waals surface area (Å²) in [6.45, 7) is 3.39. The molecular weight excluding hydrogens is 408 g/mol. The van der Waals surface area contributed by atoms with Crippen molar-refractivity contribution in [2.24, 2.45) is 0 Å². The van der Waals surface area contributed by atoms with E-state index in [2.05, 4.69) is 20.2 Å². The summed E-state index contributed by atoms with van der Waals surface area (Å²) >= 11 is 1.57. The molecule has 1 amide bonds. The topological polar surface area (TPSA) is 151 Å². The molecule has 4 rings (SSSR count). The van der Waals surface area contributed by atoms with E-state index in [1.807, 2.05) is 6.07 Å². The van der Waals surface area contributed by atoms with Crippen molar-refractivity contribution >= 4 is 44.2 Å². The van der Waals surface area contributed by atoms with Crippen molar-refractivity contribution in [3.8, 4) is 11.4 Å². The number of rotatable bonds is 7. The molecule has 0 saturated carbocycles. The molecule has 11 nitrogen and oxygen atoms in total. The number of nitrogens with one attached hydrogen (secondary N) is 2. The third-order valence-electron chi connectivity index (χ3n) is 4.60. The fraction of sp³-hybridized carbons (Fsp3) is 0.389. The predicted molar refractivity (Wildman–Crippen MR) is 114 cm³/mol. The van der Waals surface area contributed by atoms with E-state index in [-0.39, 0.29) is 12.4 Å². The number of carbonyl (C=O) groups excluding carboxylic acids is 1. The lowest BCUT2D eigenvalue weighted by Gasteiger charge is -2.28. The average molecular weight is 430 g/mol. The van der Waals surface area contributed by atoms with E-state index < -0.39 is 5.91 Å². The quantitative estimate of drug-likeness (QED) is 0.245. The average Bonchev–Trinajstić information content (AvgIpc) is 3.20. The zero-order chi connectivity index (χ0) is 20.9. The summed E-state index contributed by atoms with van der Waals surface area (Å²) < 4.78 is 6.46. The highest BCUT2D eigenvalue weighted by molar-refractivity contribution is 7.23. The predicted octanol–water partition coefficient (Wildman–Crippen LogP) is 1.26. The third-order valence-corrected chi connectivity index (χ3v) is 5.68. The minimum absolute atomic E-state index is 0.199. The van der Waals surface area contributed by atoms with Crippen LogP contribution in [0.4, 0.5) is 16.8 Å². The van der Waals surface area contributed by atoms with Crippen LogP contribution in [0.1, 0.15) is 12.8 Å². The minimum Gasteiger partial charge on any atom is -0.378 e. The summed E-state index contributed by atoms with van der Waals surface area (Å²) in [4.78, 5) is 30.9. The van der Waals surface area contributed by atoms with E-state index >= 15 is 0 Å². The second-order valence-electron chi connectivity index (χ2n) is 6.69. The summed E-state index contributed by atoms with van der Waals surface area (Å²) in [6, 6.07) is 1.97. The molecule has 3 aromatic rings. The summed E-state index contributed by atoms with van der Waals surface area (Å²) in [5, 5.41) is 12.8. The van der Waals surface area contributed by atoms with Gasteiger partial charge in [0.15, 0.2) is 11.6 Å². The van der Waals surface area contributed by atoms with E-state index in [0.29, 0.717) is 37.6 Å². The number of nitrogen functional groups attached to an aromatic ring is 1. The molecule has 1 fully saturated rings. The fourth-order valence-electron chi connectivity index (χ4n) is 3.09. The number of carbonyl (C=O) groups is 1. The SMILES string of the molecule is Nc1ncc(-c2nc(N3CCOCC3)c3sc(NCCCC(=O)NO)cc3n2)cn1. The Balaban J connectivity index is 1.63. The molecule has 1 saturated heterocycles. The lowest BCUT2D eigenvalue weighted by Crippen LogP contribution is -2.36. The van der Waals surface area contributed by atoms with Crippen molar-refractivity contribution in [1.82, 2.24) is 25.4 Å². The maximum absolute atomic E-state index is 11.1. The van der Waals surface area contributed by atoms with E-state index in [0.717, 1.165) is 34.1 Å². The third kappa shape index (κ3) is 4.56. The summed E-state index contributed by atoms with van der Waals surface area (Å²) in [5.74, 6) is 1.19. The number of nitrogens with two attached hydrogens (primary N) is 1. The molecule has 158 valence electrons. The second-order valence-corrected chi connectivity index (χ2v) is 7.74. The van der Waals surface area contributed by atoms with E-state index in [9.17, 15) is 4.79 Å². The van der Waals surface area contributed by atoms with Gasteiger partial charge in [-0.05, 0) is 12.5 Å². The van der Waals surface area contributed by atoms with Crippen LogP contribution in [0.3, 0.4) is 0 Å². The molecule has 0 atom stereocenters. The molecule has 3 aromatic heterocycles. The van der Waals surface area contributed by atoms with Gasteiger partial charge in [0.05, 0.1) is 34.0 Å². The zero-order valence-electron chi connectivity index (χ0n) is 16.2. The molecule has 4 heterocycles. The first-order chi connectivity index (χ1) is 14.6. The summed E-state index contributed by atoms with van der Waals surface area (Å²) in [6.07, 6.45) is 4.07. The number of fused-ring (bicyclic) bond motifs is 1. The van der Waals surface area contributed by atoms with Crippen LogP contribution in [0.2, 0.25) is 0 Å². The van der Waals surface area contributed by atoms with Crippen molar-refractivity contribution in [2.75, 3.05) is 48.8 Å². The van der Waals surface area contributed by atoms with E-state index in [1.165, 1.54) is 0 Å². The molecular formula is C18H22N8O3S. The van der Waals surface area contributed by atoms with Gasteiger partial charge in [-0.2, -0.15) is 0 Å². The molecule has 1 aliphatic rings. The number of thiophene rings is 1. The van der Waals surface area contributed by atoms with Gasteiger partial charge >= 0.3 is 0 Å². The van der Waals surface area contributed by atoms with Gasteiger partial charge in [0.2, 0.25) is 11.9 Å². The monoisotopic (exact) mass is 430 g/mol. The maximum Gasteiger partial charge on any atom is 0.243 e. The molecule has 0 spiro atoms. The first kappa shape index (κ1) is 20.2. The van der Waals surface area contributed by atoms with Crippen molar-refractivity contribution in [1.29, 1.82) is 0 Å². The Bertz CT molecular complexity index is 1020. The number of aromatic nitrogens is 4. The number of hydrogen-bond acceptors (Lipinski definition) is 11. The van der Waals surface area contributed by atoms with Crippen LogP contribution in [-0.4, -0.2) is 63.9 Å². The molecule has 1 aliphatic heterocycles. The number of amides is 1. The molecule has 0 bridgehead atoms. The van der Waals surface area contributed by atoms with Gasteiger partial charge < -0.3 is 20.7 Å². The largest absolute Gasteiger partial charge is 0.378 e. The van der Waals surface area contributed by atoms with E-state index in [1.54, 1.807) is 29.2 Å². The van der Waals surface area contributed by atoms with Crippen LogP contribution in [-0.2, 0) is 9.53 Å². The van der Waals surface area contributed by atoms with Crippen molar-refractivity contribution in [2.45, 2.75) is 12.8 Å². The number of anilines is 3. The van der Waals surface area contributed by atoms with Gasteiger partial charge in [-0.15, -0.1) is 11.3 Å². The lowest BCUT2D eigenvalue weighted by molar-refractivity contribution is -0.129. The van der Waals surface area contributed by atoms with Gasteiger partial charge in [0.1, 0.15) is 0 Å². The molecule has 0 aromatic carbocycles. The highest BCUT2D eigenvalue weighted by Gasteiger charge is 2.20. The van der Waals surface area contributed by atoms with Gasteiger partial charge in [0, 0.05) is 38.4 Å². The Morgan fingerprint density at radius 2 is 2.03 bits per heavy atom. The molecule has 0 unspecified atom stereocenters. The number of hydroxylamine groups is 1. The Kier molecular flexibility index (Phi) is 6.16. The Morgan fingerprint density at radius 3 is 2.77 bits per heavy atom. The first-order valence-corrected chi connectivity index (χ1v) is 10.3. The number of morpholine rings is 1. The second kappa shape index (κ2) is 9.15. The van der Waals surface area contributed by atoms with Crippen LogP contribution >= 0.6 is 11.3 Å². The Hall–Kier alpha value is -3.09. The van der Waals surface area contributed by atoms with E-state index in [4.69, 9.17) is 25.6 Å². The summed E-state index contributed by atoms with van der Waals surface area (Å²) in [7, 11) is 0. The molecule has 0 radical (unpaired) electrons. The number of hydrogen-bond donors (Lipinski definition) is 4. The van der Waals surface area contributed by atoms with Crippen LogP contribution < -0.4 is 21.4 Å². The molecule has 30 heavy (non-hydrogen) atoms. The Labute approximate surface area is 176 Å². The molecule has 12 heteroatoms. The highest BCUT2D eigenvalue weighted by Crippen LogP contribution is 2.36. The van der Waals surface area contributed by atoms with Crippen LogP contribution in [0.15, 0.2) is 18.5 Å². The van der Waals surface area contributed by atoms with Crippen molar-refractivity contribution in [3.05, 3.63) is 18.5 Å². The fourth-order valence-corrected chi connectivity index (χ4v) is 4.13. The van der Waals surface area contributed by atoms with Crippen LogP contribution in [0.5, 0.6) is 0 Å². The lowest BCUT2D eigenvalue weighted by atomic mass is 10.3. The van der Waals surface area contributed by atoms with Gasteiger partial charge in [-0.25, -0.2) is 25.4 Å². The number of ether oxygens (including phenoxy) is 1. The van der Waals surface area contributed by atoms with Gasteiger partial charge in [-0.1, -0.05) is 0 Å². The maximum atomic E-state index is 11.1. The van der Waals surface area contributed by atoms with Crippen LogP contribution in [0, 0.1) is 0 Å². The van der Waals surface area contributed by atoms with Crippen molar-refractivity contribution in [3.63, 3.8) is 0 Å². The van der Waals surface area contributed by atoms with Crippen LogP contribution in [0.25, 0.3) is 21.6 Å². The smallest absolute Gasteiger partial charge is 0.243 e. The zero-order valence-corrected chi connectivity index (χ0v) is 17.0. The molecule has 0 aliphatic carbocycles. The first-order valence-electron chi connectivity index (χ1n) is 9.53. The highest BCUT2D eigenvalue weighted by atomic mass is 32.1. The standard InChI is InChI=1S/C18H22N8O3S/c19-18-21-9-11(10-22-18)16-23-12-8-14(20-3-1-2-13(27)25-28)30-15(12)17(24-16)26-4-6-29-7-5-26/h8-10,20,28H,1-7H2,(H,25,27)(H2,19,21,22). The van der Waals surface area contributed by atoms with Crippen molar-refractivity contribution < 1.29 is 14.7 Å². The van der Waals surface area contributed by atoms with Gasteiger partial charge in [0.25, 0.3) is 0 Å². The molecule has 5 N–H and O–H groups in total. The normalized spacial score (nSPS) is 14.1. The summed E-state index contributed by atoms with van der Waals surface area (Å²) in [5.41, 5.74) is 8.75. The minimum atomic E-state index is -0.399. The Morgan fingerprint density at radius 1 is 1.27 bits per heavy atom. The number of nitrogens with zero attached hydrogens (tertiary/aromatic N) is 5. The van der Waals surface area contributed by atoms with Gasteiger partial charge in [-0.3, -0.25) is 10.0 Å².